The van der Waals surface area contributed by atoms with Crippen LogP contribution in [0.15, 0.2) is 36.7 Å². The van der Waals surface area contributed by atoms with E-state index in [0.29, 0.717) is 30.2 Å². The number of rotatable bonds is 8. The van der Waals surface area contributed by atoms with Crippen LogP contribution in [0.4, 0.5) is 11.6 Å². The predicted molar refractivity (Wildman–Crippen MR) is 95.0 cm³/mol. The van der Waals surface area contributed by atoms with Gasteiger partial charge in [0, 0.05) is 24.6 Å². The number of anilines is 2. The Bertz CT molecular complexity index is 699. The van der Waals surface area contributed by atoms with E-state index in [-0.39, 0.29) is 11.9 Å². The fourth-order valence-corrected chi connectivity index (χ4v) is 2.02. The van der Waals surface area contributed by atoms with Crippen molar-refractivity contribution < 1.29 is 14.3 Å². The van der Waals surface area contributed by atoms with Crippen molar-refractivity contribution >= 4 is 23.5 Å². The van der Waals surface area contributed by atoms with Crippen LogP contribution in [0.2, 0.25) is 0 Å². The summed E-state index contributed by atoms with van der Waals surface area (Å²) in [7, 11) is 0. The van der Waals surface area contributed by atoms with Crippen molar-refractivity contribution in [1.29, 1.82) is 0 Å². The molecule has 0 fully saturated rings. The third-order valence-corrected chi connectivity index (χ3v) is 3.38. The van der Waals surface area contributed by atoms with Crippen LogP contribution >= 0.6 is 0 Å². The van der Waals surface area contributed by atoms with Crippen LogP contribution in [-0.2, 0) is 4.74 Å². The maximum Gasteiger partial charge on any atom is 0.338 e. The number of esters is 1. The van der Waals surface area contributed by atoms with Crippen LogP contribution in [0.25, 0.3) is 0 Å². The molecule has 1 heterocycles. The smallest absolute Gasteiger partial charge is 0.338 e. The van der Waals surface area contributed by atoms with Gasteiger partial charge in [0.15, 0.2) is 0 Å². The number of nitrogens with one attached hydrogen (secondary N) is 2. The van der Waals surface area contributed by atoms with Crippen LogP contribution in [-0.4, -0.2) is 35.0 Å². The highest BCUT2D eigenvalue weighted by Gasteiger charge is 2.08. The molecule has 0 saturated heterocycles. The lowest BCUT2D eigenvalue weighted by molar-refractivity contribution is 0.0526. The van der Waals surface area contributed by atoms with Gasteiger partial charge in [0.2, 0.25) is 5.95 Å². The van der Waals surface area contributed by atoms with Crippen molar-refractivity contribution in [3.8, 4) is 0 Å². The second kappa shape index (κ2) is 9.36. The Kier molecular flexibility index (Phi) is 6.88. The Morgan fingerprint density at radius 2 is 1.72 bits per heavy atom. The zero-order valence-corrected chi connectivity index (χ0v) is 14.4. The van der Waals surface area contributed by atoms with E-state index >= 15 is 0 Å². The maximum atomic E-state index is 11.9. The number of ether oxygens (including phenoxy) is 1. The second-order valence-electron chi connectivity index (χ2n) is 5.33. The third kappa shape index (κ3) is 5.56. The number of carbonyl (C=O) groups excluding carboxylic acids is 2. The number of carbonyl (C=O) groups is 2. The zero-order valence-electron chi connectivity index (χ0n) is 14.4. The quantitative estimate of drug-likeness (QED) is 0.566. The molecule has 2 N–H and O–H groups in total. The first-order valence-corrected chi connectivity index (χ1v) is 8.28. The van der Waals surface area contributed by atoms with E-state index in [1.807, 2.05) is 0 Å². The normalized spacial score (nSPS) is 10.2. The third-order valence-electron chi connectivity index (χ3n) is 3.38. The number of amides is 1. The van der Waals surface area contributed by atoms with Gasteiger partial charge in [-0.1, -0.05) is 13.3 Å². The maximum absolute atomic E-state index is 11.9. The molecule has 7 nitrogen and oxygen atoms in total. The summed E-state index contributed by atoms with van der Waals surface area (Å²) in [6.07, 6.45) is 4.91. The minimum atomic E-state index is -0.358. The zero-order chi connectivity index (χ0) is 18.1. The first-order valence-electron chi connectivity index (χ1n) is 8.28. The van der Waals surface area contributed by atoms with Gasteiger partial charge in [-0.2, -0.15) is 0 Å². The Morgan fingerprint density at radius 1 is 1.04 bits per heavy atom. The molecule has 1 aromatic heterocycles. The molecule has 1 amide bonds. The molecular formula is C18H22N4O3. The number of nitrogens with zero attached hydrogens (tertiary/aromatic N) is 2. The van der Waals surface area contributed by atoms with Crippen molar-refractivity contribution in [3.63, 3.8) is 0 Å². The largest absolute Gasteiger partial charge is 0.462 e. The molecule has 0 unspecified atom stereocenters. The monoisotopic (exact) mass is 342 g/mol. The van der Waals surface area contributed by atoms with Gasteiger partial charge >= 0.3 is 5.97 Å². The first-order chi connectivity index (χ1) is 12.1. The van der Waals surface area contributed by atoms with Gasteiger partial charge in [-0.15, -0.1) is 0 Å². The van der Waals surface area contributed by atoms with Crippen LogP contribution < -0.4 is 10.6 Å². The van der Waals surface area contributed by atoms with Crippen molar-refractivity contribution in [2.24, 2.45) is 0 Å². The Hall–Kier alpha value is -2.96. The molecule has 0 saturated carbocycles. The molecule has 0 aliphatic heterocycles. The van der Waals surface area contributed by atoms with Gasteiger partial charge < -0.3 is 15.4 Å². The van der Waals surface area contributed by atoms with Crippen LogP contribution in [0.3, 0.4) is 0 Å². The van der Waals surface area contributed by atoms with Crippen molar-refractivity contribution in [1.82, 2.24) is 15.3 Å². The van der Waals surface area contributed by atoms with Gasteiger partial charge in [-0.25, -0.2) is 14.8 Å². The summed E-state index contributed by atoms with van der Waals surface area (Å²) < 4.78 is 4.93. The minimum absolute atomic E-state index is 0.182. The molecule has 0 atom stereocenters. The molecule has 25 heavy (non-hydrogen) atoms. The van der Waals surface area contributed by atoms with Crippen LogP contribution in [0.1, 0.15) is 47.4 Å². The summed E-state index contributed by atoms with van der Waals surface area (Å²) in [4.78, 5) is 31.8. The molecule has 0 radical (unpaired) electrons. The highest BCUT2D eigenvalue weighted by atomic mass is 16.5. The molecule has 2 rings (SSSR count). The van der Waals surface area contributed by atoms with E-state index in [9.17, 15) is 9.59 Å². The summed E-state index contributed by atoms with van der Waals surface area (Å²) in [5.74, 6) is -0.170. The number of hydrogen-bond acceptors (Lipinski definition) is 6. The molecule has 0 bridgehead atoms. The van der Waals surface area contributed by atoms with E-state index in [4.69, 9.17) is 4.74 Å². The number of unbranched alkanes of at least 4 members (excludes halogenated alkanes) is 1. The first kappa shape index (κ1) is 18.4. The molecule has 132 valence electrons. The molecule has 0 aliphatic carbocycles. The van der Waals surface area contributed by atoms with E-state index in [2.05, 4.69) is 27.5 Å². The second-order valence-corrected chi connectivity index (χ2v) is 5.33. The molecular weight excluding hydrogens is 320 g/mol. The Morgan fingerprint density at radius 3 is 2.32 bits per heavy atom. The highest BCUT2D eigenvalue weighted by Crippen LogP contribution is 2.14. The number of aromatic nitrogens is 2. The fraction of sp³-hybridized carbons (Fsp3) is 0.333. The highest BCUT2D eigenvalue weighted by molar-refractivity contribution is 5.93. The molecule has 1 aromatic carbocycles. The topological polar surface area (TPSA) is 93.2 Å². The Labute approximate surface area is 146 Å². The summed E-state index contributed by atoms with van der Waals surface area (Å²) in [5.41, 5.74) is 1.62. The predicted octanol–water partition coefficient (Wildman–Crippen LogP) is 2.93. The average molecular weight is 342 g/mol. The van der Waals surface area contributed by atoms with Gasteiger partial charge in [0.25, 0.3) is 5.91 Å². The molecule has 0 spiro atoms. The summed E-state index contributed by atoms with van der Waals surface area (Å²) in [5, 5.41) is 5.83. The number of hydrogen-bond donors (Lipinski definition) is 2. The van der Waals surface area contributed by atoms with E-state index in [1.165, 1.54) is 12.4 Å². The molecule has 7 heteroatoms. The van der Waals surface area contributed by atoms with Crippen molar-refractivity contribution in [2.75, 3.05) is 18.5 Å². The van der Waals surface area contributed by atoms with Crippen molar-refractivity contribution in [3.05, 3.63) is 47.8 Å². The molecule has 2 aromatic rings. The Balaban J connectivity index is 1.94. The van der Waals surface area contributed by atoms with Gasteiger partial charge in [-0.05, 0) is 37.6 Å². The lowest BCUT2D eigenvalue weighted by Crippen LogP contribution is -2.24. The summed E-state index contributed by atoms with van der Waals surface area (Å²) in [6.45, 7) is 4.81. The van der Waals surface area contributed by atoms with E-state index in [1.54, 1.807) is 31.2 Å². The molecule has 0 aliphatic rings. The van der Waals surface area contributed by atoms with Gasteiger partial charge in [-0.3, -0.25) is 4.79 Å². The van der Waals surface area contributed by atoms with Gasteiger partial charge in [0.05, 0.1) is 17.7 Å². The SMILES string of the molecule is CCCCNC(=O)c1cnc(Nc2ccc(C(=O)OCC)cc2)nc1. The van der Waals surface area contributed by atoms with E-state index in [0.717, 1.165) is 18.5 Å². The van der Waals surface area contributed by atoms with Crippen LogP contribution in [0, 0.1) is 0 Å². The van der Waals surface area contributed by atoms with Crippen molar-refractivity contribution in [2.45, 2.75) is 26.7 Å². The summed E-state index contributed by atoms with van der Waals surface area (Å²) >= 11 is 0. The summed E-state index contributed by atoms with van der Waals surface area (Å²) in [6, 6.07) is 6.80. The fourth-order valence-electron chi connectivity index (χ4n) is 2.02. The lowest BCUT2D eigenvalue weighted by Gasteiger charge is -2.07. The number of benzene rings is 1. The average Bonchev–Trinajstić information content (AvgIpc) is 2.63. The lowest BCUT2D eigenvalue weighted by atomic mass is 10.2. The van der Waals surface area contributed by atoms with E-state index < -0.39 is 0 Å². The minimum Gasteiger partial charge on any atom is -0.462 e. The van der Waals surface area contributed by atoms with Crippen LogP contribution in [0.5, 0.6) is 0 Å². The standard InChI is InChI=1S/C18H22N4O3/c1-3-5-10-19-16(23)14-11-20-18(21-12-14)22-15-8-6-13(7-9-15)17(24)25-4-2/h6-9,11-12H,3-5,10H2,1-2H3,(H,19,23)(H,20,21,22). The van der Waals surface area contributed by atoms with Gasteiger partial charge in [0.1, 0.15) is 0 Å².